The fraction of sp³-hybridized carbons (Fsp3) is 0.0769. The van der Waals surface area contributed by atoms with Crippen molar-refractivity contribution in [3.05, 3.63) is 67.9 Å². The molecular formula is C13H8BrF3N2O2. The van der Waals surface area contributed by atoms with Crippen molar-refractivity contribution in [3.8, 4) is 0 Å². The zero-order chi connectivity index (χ0) is 15.6. The number of nitrogens with one attached hydrogen (secondary N) is 1. The van der Waals surface area contributed by atoms with E-state index in [2.05, 4.69) is 21.2 Å². The molecule has 0 aliphatic rings. The smallest absolute Gasteiger partial charge is 0.283 e. The van der Waals surface area contributed by atoms with E-state index >= 15 is 0 Å². The van der Waals surface area contributed by atoms with Crippen molar-refractivity contribution in [1.82, 2.24) is 0 Å². The fourth-order valence-corrected chi connectivity index (χ4v) is 2.24. The van der Waals surface area contributed by atoms with Crippen LogP contribution in [0.15, 0.2) is 34.8 Å². The Bertz CT molecular complexity index is 710. The second-order valence-electron chi connectivity index (χ2n) is 4.11. The summed E-state index contributed by atoms with van der Waals surface area (Å²) in [6.07, 6.45) is 0. The van der Waals surface area contributed by atoms with E-state index in [1.165, 1.54) is 12.1 Å². The Kier molecular flexibility index (Phi) is 4.46. The van der Waals surface area contributed by atoms with Gasteiger partial charge < -0.3 is 5.32 Å². The number of hydrogen-bond acceptors (Lipinski definition) is 3. The number of hydrogen-bond donors (Lipinski definition) is 1. The van der Waals surface area contributed by atoms with Crippen LogP contribution in [0.25, 0.3) is 0 Å². The Hall–Kier alpha value is -2.09. The average Bonchev–Trinajstić information content (AvgIpc) is 2.42. The molecule has 4 nitrogen and oxygen atoms in total. The van der Waals surface area contributed by atoms with Gasteiger partial charge in [0.1, 0.15) is 10.3 Å². The monoisotopic (exact) mass is 360 g/mol. The first-order valence-corrected chi connectivity index (χ1v) is 6.49. The van der Waals surface area contributed by atoms with Crippen LogP contribution in [-0.2, 0) is 6.54 Å². The van der Waals surface area contributed by atoms with E-state index in [0.29, 0.717) is 17.7 Å². The van der Waals surface area contributed by atoms with Gasteiger partial charge in [0, 0.05) is 24.7 Å². The molecule has 0 aromatic heterocycles. The first kappa shape index (κ1) is 15.3. The second kappa shape index (κ2) is 6.13. The molecule has 0 spiro atoms. The summed E-state index contributed by atoms with van der Waals surface area (Å²) in [5.41, 5.74) is 0.112. The lowest BCUT2D eigenvalue weighted by molar-refractivity contribution is -0.385. The first-order valence-electron chi connectivity index (χ1n) is 5.70. The maximum absolute atomic E-state index is 13.5. The van der Waals surface area contributed by atoms with E-state index in [4.69, 9.17) is 0 Å². The lowest BCUT2D eigenvalue weighted by Crippen LogP contribution is -2.04. The largest absolute Gasteiger partial charge is 0.378 e. The van der Waals surface area contributed by atoms with Crippen molar-refractivity contribution < 1.29 is 18.1 Å². The summed E-state index contributed by atoms with van der Waals surface area (Å²) in [7, 11) is 0. The number of nitro benzene ring substituents is 1. The molecule has 2 aromatic carbocycles. The lowest BCUT2D eigenvalue weighted by atomic mass is 10.2. The third-order valence-corrected chi connectivity index (χ3v) is 3.65. The van der Waals surface area contributed by atoms with Gasteiger partial charge in [-0.05, 0) is 21.5 Å². The molecule has 0 atom stereocenters. The van der Waals surface area contributed by atoms with Gasteiger partial charge in [-0.3, -0.25) is 10.1 Å². The van der Waals surface area contributed by atoms with Crippen molar-refractivity contribution >= 4 is 27.3 Å². The molecule has 0 aliphatic carbocycles. The van der Waals surface area contributed by atoms with E-state index in [9.17, 15) is 23.3 Å². The summed E-state index contributed by atoms with van der Waals surface area (Å²) in [5, 5.41) is 13.4. The highest BCUT2D eigenvalue weighted by Crippen LogP contribution is 2.29. The maximum atomic E-state index is 13.5. The van der Waals surface area contributed by atoms with E-state index in [-0.39, 0.29) is 22.4 Å². The molecule has 110 valence electrons. The van der Waals surface area contributed by atoms with E-state index < -0.39 is 22.4 Å². The van der Waals surface area contributed by atoms with Crippen LogP contribution < -0.4 is 5.32 Å². The molecule has 0 heterocycles. The van der Waals surface area contributed by atoms with Crippen molar-refractivity contribution in [2.45, 2.75) is 6.54 Å². The van der Waals surface area contributed by atoms with Crippen molar-refractivity contribution in [2.24, 2.45) is 0 Å². The van der Waals surface area contributed by atoms with E-state index in [0.717, 1.165) is 0 Å². The summed E-state index contributed by atoms with van der Waals surface area (Å²) >= 11 is 3.09. The summed E-state index contributed by atoms with van der Waals surface area (Å²) in [5.74, 6) is -3.41. The SMILES string of the molecule is O=[N+]([O-])c1cccc(CNc2cc(F)c(F)cc2F)c1Br. The Morgan fingerprint density at radius 2 is 1.81 bits per heavy atom. The minimum absolute atomic E-state index is 0.00422. The molecular weight excluding hydrogens is 353 g/mol. The zero-order valence-electron chi connectivity index (χ0n) is 10.4. The molecule has 2 rings (SSSR count). The van der Waals surface area contributed by atoms with Gasteiger partial charge in [-0.1, -0.05) is 12.1 Å². The predicted octanol–water partition coefficient (Wildman–Crippen LogP) is 4.39. The molecule has 0 aliphatic heterocycles. The van der Waals surface area contributed by atoms with Crippen molar-refractivity contribution in [3.63, 3.8) is 0 Å². The topological polar surface area (TPSA) is 55.2 Å². The highest BCUT2D eigenvalue weighted by atomic mass is 79.9. The molecule has 21 heavy (non-hydrogen) atoms. The fourth-order valence-electron chi connectivity index (χ4n) is 1.69. The number of nitrogens with zero attached hydrogens (tertiary/aromatic N) is 1. The lowest BCUT2D eigenvalue weighted by Gasteiger charge is -2.09. The molecule has 2 aromatic rings. The van der Waals surface area contributed by atoms with Gasteiger partial charge >= 0.3 is 0 Å². The summed E-state index contributed by atoms with van der Waals surface area (Å²) < 4.78 is 39.6. The van der Waals surface area contributed by atoms with Crippen LogP contribution in [0, 0.1) is 27.6 Å². The van der Waals surface area contributed by atoms with E-state index in [1.54, 1.807) is 6.07 Å². The molecule has 1 N–H and O–H groups in total. The van der Waals surface area contributed by atoms with Crippen molar-refractivity contribution in [1.29, 1.82) is 0 Å². The van der Waals surface area contributed by atoms with E-state index in [1.807, 2.05) is 0 Å². The van der Waals surface area contributed by atoms with Gasteiger partial charge in [0.15, 0.2) is 11.6 Å². The molecule has 0 bridgehead atoms. The van der Waals surface area contributed by atoms with Crippen molar-refractivity contribution in [2.75, 3.05) is 5.32 Å². The highest BCUT2D eigenvalue weighted by Gasteiger charge is 2.15. The normalized spacial score (nSPS) is 10.5. The highest BCUT2D eigenvalue weighted by molar-refractivity contribution is 9.10. The van der Waals surface area contributed by atoms with Crippen LogP contribution in [0.5, 0.6) is 0 Å². The molecule has 0 fully saturated rings. The molecule has 0 saturated heterocycles. The maximum Gasteiger partial charge on any atom is 0.283 e. The quantitative estimate of drug-likeness (QED) is 0.499. The van der Waals surface area contributed by atoms with Gasteiger partial charge in [0.2, 0.25) is 0 Å². The Morgan fingerprint density at radius 3 is 2.48 bits per heavy atom. The van der Waals surface area contributed by atoms with Gasteiger partial charge in [0.05, 0.1) is 10.6 Å². The van der Waals surface area contributed by atoms with Gasteiger partial charge in [-0.2, -0.15) is 0 Å². The predicted molar refractivity (Wildman–Crippen MR) is 74.4 cm³/mol. The van der Waals surface area contributed by atoms with Crippen LogP contribution in [0.4, 0.5) is 24.5 Å². The Balaban J connectivity index is 2.23. The Labute approximate surface area is 125 Å². The third-order valence-electron chi connectivity index (χ3n) is 2.73. The Morgan fingerprint density at radius 1 is 1.14 bits per heavy atom. The summed E-state index contributed by atoms with van der Waals surface area (Å²) in [6.45, 7) is 0.00422. The van der Waals surface area contributed by atoms with Crippen LogP contribution in [0.1, 0.15) is 5.56 Å². The van der Waals surface area contributed by atoms with Gasteiger partial charge in [0.25, 0.3) is 5.69 Å². The van der Waals surface area contributed by atoms with Crippen LogP contribution in [-0.4, -0.2) is 4.92 Å². The zero-order valence-corrected chi connectivity index (χ0v) is 12.0. The molecule has 8 heteroatoms. The minimum Gasteiger partial charge on any atom is -0.378 e. The van der Waals surface area contributed by atoms with Crippen LogP contribution >= 0.6 is 15.9 Å². The number of benzene rings is 2. The number of halogens is 4. The number of nitro groups is 1. The number of rotatable bonds is 4. The van der Waals surface area contributed by atoms with Gasteiger partial charge in [-0.25, -0.2) is 13.2 Å². The van der Waals surface area contributed by atoms with Gasteiger partial charge in [-0.15, -0.1) is 0 Å². The second-order valence-corrected chi connectivity index (χ2v) is 4.90. The molecule has 0 radical (unpaired) electrons. The number of anilines is 1. The molecule has 0 amide bonds. The molecule has 0 unspecified atom stereocenters. The first-order chi connectivity index (χ1) is 9.90. The van der Waals surface area contributed by atoms with Crippen LogP contribution in [0.3, 0.4) is 0 Å². The third kappa shape index (κ3) is 3.33. The van der Waals surface area contributed by atoms with Crippen LogP contribution in [0.2, 0.25) is 0 Å². The summed E-state index contributed by atoms with van der Waals surface area (Å²) in [4.78, 5) is 10.2. The minimum atomic E-state index is -1.28. The molecule has 0 saturated carbocycles. The average molecular weight is 361 g/mol. The summed E-state index contributed by atoms with van der Waals surface area (Å²) in [6, 6.07) is 5.49. The standard InChI is InChI=1S/C13H8BrF3N2O2/c14-13-7(2-1-3-12(13)19(20)21)6-18-11-5-9(16)8(15)4-10(11)17/h1-5,18H,6H2.